The van der Waals surface area contributed by atoms with Crippen LogP contribution in [0, 0.1) is 25.7 Å². The minimum absolute atomic E-state index is 0. The Morgan fingerprint density at radius 3 is 0.600 bits per heavy atom. The van der Waals surface area contributed by atoms with E-state index in [0.29, 0.717) is 0 Å². The van der Waals surface area contributed by atoms with Gasteiger partial charge in [0.15, 0.2) is 0 Å². The molecule has 1 heteroatoms. The van der Waals surface area contributed by atoms with Crippen molar-refractivity contribution in [3.63, 3.8) is 0 Å². The van der Waals surface area contributed by atoms with Gasteiger partial charge in [-0.3, -0.25) is 0 Å². The van der Waals surface area contributed by atoms with E-state index in [1.807, 2.05) is 0 Å². The average molecular weight is 247 g/mol. The minimum Gasteiger partial charge on any atom is -0.124 e. The van der Waals surface area contributed by atoms with Crippen LogP contribution in [0.25, 0.3) is 0 Å². The van der Waals surface area contributed by atoms with Gasteiger partial charge in [-0.1, -0.05) is 0 Å². The van der Waals surface area contributed by atoms with Crippen LogP contribution >= 0.6 is 0 Å². The molecule has 0 saturated carbocycles. The van der Waals surface area contributed by atoms with Crippen LogP contribution in [0.3, 0.4) is 0 Å². The van der Waals surface area contributed by atoms with Gasteiger partial charge < -0.3 is 0 Å². The Bertz CT molecular complexity index is 19.1. The normalized spacial score (nSPS) is 0.800. The molecule has 0 heterocycles. The smallest absolute Gasteiger partial charge is 0 e. The van der Waals surface area contributed by atoms with Crippen LogP contribution in [-0.4, -0.2) is 0 Å². The first-order chi connectivity index (χ1) is 2.00. The van der Waals surface area contributed by atoms with E-state index in [4.69, 9.17) is 0 Å². The van der Waals surface area contributed by atoms with Crippen LogP contribution < -0.4 is 0 Å². The summed E-state index contributed by atoms with van der Waals surface area (Å²) < 4.78 is 0. The molecule has 0 amide bonds. The molecule has 0 unspecified atom stereocenters. The first kappa shape index (κ1) is 21.3. The van der Waals surface area contributed by atoms with E-state index in [1.165, 1.54) is 0 Å². The van der Waals surface area contributed by atoms with Crippen molar-refractivity contribution in [3.05, 3.63) is 0 Å². The van der Waals surface area contributed by atoms with Gasteiger partial charge in [-0.05, 0) is 0 Å². The maximum Gasteiger partial charge on any atom is 0 e. The van der Waals surface area contributed by atoms with Crippen LogP contribution in [0.5, 0.6) is 0 Å². The van der Waals surface area contributed by atoms with Gasteiger partial charge in [0.25, 0.3) is 0 Å². The summed E-state index contributed by atoms with van der Waals surface area (Å²) in [6, 6.07) is 0. The van der Waals surface area contributed by atoms with Crippen LogP contribution in [0.15, 0.2) is 0 Å². The molecule has 0 saturated heterocycles. The first-order valence-electron chi connectivity index (χ1n) is 0.667. The second-order valence-electron chi connectivity index (χ2n) is 0. The maximum absolute atomic E-state index is 4.00. The third-order valence-corrected chi connectivity index (χ3v) is 0. The van der Waals surface area contributed by atoms with Crippen molar-refractivity contribution in [2.24, 2.45) is 0 Å². The molecule has 0 aliphatic carbocycles. The number of terminal acetylenes is 2. The molecule has 0 aromatic rings. The van der Waals surface area contributed by atoms with E-state index in [2.05, 4.69) is 25.7 Å². The Morgan fingerprint density at radius 1 is 0.600 bits per heavy atom. The fourth-order valence-electron chi connectivity index (χ4n) is 0. The van der Waals surface area contributed by atoms with E-state index < -0.39 is 0 Å². The topological polar surface area (TPSA) is 0 Å². The molecule has 0 atom stereocenters. The summed E-state index contributed by atoms with van der Waals surface area (Å²) in [5.74, 6) is 0. The van der Waals surface area contributed by atoms with Gasteiger partial charge in [-0.25, -0.2) is 0 Å². The summed E-state index contributed by atoms with van der Waals surface area (Å²) in [7, 11) is 0. The summed E-state index contributed by atoms with van der Waals surface area (Å²) in [4.78, 5) is 0. The Balaban J connectivity index is -0.0000000133. The molecule has 0 nitrogen and oxygen atoms in total. The van der Waals surface area contributed by atoms with Gasteiger partial charge in [0.05, 0.1) is 0 Å². The zero-order chi connectivity index (χ0) is 4.00. The van der Waals surface area contributed by atoms with E-state index in [1.54, 1.807) is 0 Å². The van der Waals surface area contributed by atoms with Gasteiger partial charge in [0.1, 0.15) is 0 Å². The van der Waals surface area contributed by atoms with Gasteiger partial charge in [0, 0.05) is 21.1 Å². The molecule has 0 aromatic carbocycles. The molecule has 0 aliphatic rings. The molecule has 0 rings (SSSR count). The first-order valence-corrected chi connectivity index (χ1v) is 0.667. The van der Waals surface area contributed by atoms with Gasteiger partial charge in [0.2, 0.25) is 0 Å². The fraction of sp³-hybridized carbons (Fsp3) is 0. The summed E-state index contributed by atoms with van der Waals surface area (Å²) in [6.07, 6.45) is 16.0. The SMILES string of the molecule is C#C.C#C.[Pt]. The predicted molar refractivity (Wildman–Crippen MR) is 19.8 cm³/mol. The molecule has 5 heavy (non-hydrogen) atoms. The Labute approximate surface area is 47.2 Å². The number of hydrogen-bond acceptors (Lipinski definition) is 0. The molecule has 0 bridgehead atoms. The fourth-order valence-corrected chi connectivity index (χ4v) is 0. The number of hydrogen-bond donors (Lipinski definition) is 0. The summed E-state index contributed by atoms with van der Waals surface area (Å²) in [5, 5.41) is 0. The molecule has 0 spiro atoms. The maximum atomic E-state index is 4.00. The average Bonchev–Trinajstić information content (AvgIpc) is 1.50. The van der Waals surface area contributed by atoms with Crippen LogP contribution in [-0.2, 0) is 21.1 Å². The quantitative estimate of drug-likeness (QED) is 0.547. The van der Waals surface area contributed by atoms with Crippen molar-refractivity contribution in [2.45, 2.75) is 0 Å². The zero-order valence-electron chi connectivity index (χ0n) is 2.63. The van der Waals surface area contributed by atoms with E-state index in [-0.39, 0.29) is 21.1 Å². The Hall–Kier alpha value is -0.192. The summed E-state index contributed by atoms with van der Waals surface area (Å²) in [6.45, 7) is 0. The van der Waals surface area contributed by atoms with Crippen LogP contribution in [0.4, 0.5) is 0 Å². The summed E-state index contributed by atoms with van der Waals surface area (Å²) in [5.41, 5.74) is 0. The minimum atomic E-state index is 0. The third kappa shape index (κ3) is 339. The molecular formula is C4H4Pt. The van der Waals surface area contributed by atoms with E-state index >= 15 is 0 Å². The molecule has 30 valence electrons. The molecular weight excluding hydrogens is 243 g/mol. The van der Waals surface area contributed by atoms with Gasteiger partial charge in [-0.2, -0.15) is 0 Å². The molecule has 0 N–H and O–H groups in total. The van der Waals surface area contributed by atoms with E-state index in [9.17, 15) is 0 Å². The molecule has 0 aromatic heterocycles. The van der Waals surface area contributed by atoms with Gasteiger partial charge in [-0.15, -0.1) is 25.7 Å². The standard InChI is InChI=1S/2C2H2.Pt/c2*1-2;/h2*1-2H;. The Morgan fingerprint density at radius 2 is 0.600 bits per heavy atom. The van der Waals surface area contributed by atoms with Crippen molar-refractivity contribution in [1.82, 2.24) is 0 Å². The molecule has 0 aliphatic heterocycles. The second-order valence-corrected chi connectivity index (χ2v) is 0. The van der Waals surface area contributed by atoms with Crippen LogP contribution in [0.1, 0.15) is 0 Å². The monoisotopic (exact) mass is 247 g/mol. The van der Waals surface area contributed by atoms with Gasteiger partial charge >= 0.3 is 0 Å². The number of rotatable bonds is 0. The predicted octanol–water partition coefficient (Wildman–Crippen LogP) is 0.496. The zero-order valence-corrected chi connectivity index (χ0v) is 4.90. The van der Waals surface area contributed by atoms with Crippen molar-refractivity contribution in [2.75, 3.05) is 0 Å². The Kier molecular flexibility index (Phi) is 3490. The van der Waals surface area contributed by atoms with Crippen LogP contribution in [0.2, 0.25) is 0 Å². The molecule has 0 fully saturated rings. The summed E-state index contributed by atoms with van der Waals surface area (Å²) >= 11 is 0. The van der Waals surface area contributed by atoms with Crippen molar-refractivity contribution in [3.8, 4) is 25.7 Å². The van der Waals surface area contributed by atoms with E-state index in [0.717, 1.165) is 0 Å². The van der Waals surface area contributed by atoms with Crippen molar-refractivity contribution in [1.29, 1.82) is 0 Å². The van der Waals surface area contributed by atoms with Crippen molar-refractivity contribution < 1.29 is 21.1 Å². The largest absolute Gasteiger partial charge is 0.124 e. The third-order valence-electron chi connectivity index (χ3n) is 0. The molecule has 0 radical (unpaired) electrons. The van der Waals surface area contributed by atoms with Crippen molar-refractivity contribution >= 4 is 0 Å². The second kappa shape index (κ2) is 817.